The first-order valence-electron chi connectivity index (χ1n) is 8.92. The van der Waals surface area contributed by atoms with Crippen LogP contribution in [0.2, 0.25) is 0 Å². The second-order valence-corrected chi connectivity index (χ2v) is 7.20. The van der Waals surface area contributed by atoms with Crippen LogP contribution in [0.4, 0.5) is 0 Å². The topological polar surface area (TPSA) is 67.7 Å². The van der Waals surface area contributed by atoms with Gasteiger partial charge in [0.15, 0.2) is 11.5 Å². The number of aromatic nitrogens is 2. The predicted molar refractivity (Wildman–Crippen MR) is 92.0 cm³/mol. The van der Waals surface area contributed by atoms with Crippen molar-refractivity contribution in [2.45, 2.75) is 30.7 Å². The fourth-order valence-electron chi connectivity index (χ4n) is 4.61. The van der Waals surface area contributed by atoms with E-state index in [0.717, 1.165) is 5.56 Å². The van der Waals surface area contributed by atoms with E-state index in [1.54, 1.807) is 28.9 Å². The molecule has 1 aromatic heterocycles. The van der Waals surface area contributed by atoms with E-state index < -0.39 is 5.72 Å². The van der Waals surface area contributed by atoms with Gasteiger partial charge < -0.3 is 19.1 Å². The standard InChI is InChI=1S/C19H20N4O3/c1-21-10-8-20-17(21)18(25)22-9-7-19-15(22)11-16(24)23(19)12-14(26-19)13-5-3-2-4-6-13/h2-6,8,10,14-15H,7,9,11-12H2,1H3/t14-,15-,19+/m1/s1. The van der Waals surface area contributed by atoms with Crippen LogP contribution in [0.5, 0.6) is 0 Å². The maximum atomic E-state index is 13.0. The third-order valence-corrected chi connectivity index (χ3v) is 5.87. The summed E-state index contributed by atoms with van der Waals surface area (Å²) in [5.41, 5.74) is 0.370. The first-order chi connectivity index (χ1) is 12.6. The number of ether oxygens (including phenoxy) is 1. The number of amides is 2. The summed E-state index contributed by atoms with van der Waals surface area (Å²) in [6.07, 6.45) is 4.18. The summed E-state index contributed by atoms with van der Waals surface area (Å²) in [6, 6.07) is 9.71. The lowest BCUT2D eigenvalue weighted by Gasteiger charge is -2.31. The van der Waals surface area contributed by atoms with Gasteiger partial charge >= 0.3 is 0 Å². The Morgan fingerprint density at radius 1 is 1.31 bits per heavy atom. The number of benzene rings is 1. The Balaban J connectivity index is 1.46. The quantitative estimate of drug-likeness (QED) is 0.818. The first-order valence-corrected chi connectivity index (χ1v) is 8.92. The molecule has 0 radical (unpaired) electrons. The van der Waals surface area contributed by atoms with Crippen LogP contribution in [0.1, 0.15) is 35.1 Å². The highest BCUT2D eigenvalue weighted by Gasteiger charge is 2.65. The number of aryl methyl sites for hydroxylation is 1. The maximum absolute atomic E-state index is 13.0. The number of imidazole rings is 1. The minimum absolute atomic E-state index is 0.0609. The second kappa shape index (κ2) is 5.41. The number of carbonyl (C=O) groups is 2. The van der Waals surface area contributed by atoms with E-state index in [2.05, 4.69) is 4.98 Å². The molecule has 1 aromatic carbocycles. The lowest BCUT2D eigenvalue weighted by atomic mass is 10.1. The zero-order valence-corrected chi connectivity index (χ0v) is 14.5. The molecule has 4 heterocycles. The van der Waals surface area contributed by atoms with Gasteiger partial charge in [-0.3, -0.25) is 9.59 Å². The Bertz CT molecular complexity index is 880. The highest BCUT2D eigenvalue weighted by Crippen LogP contribution is 2.50. The van der Waals surface area contributed by atoms with Crippen LogP contribution in [-0.4, -0.2) is 56.0 Å². The normalized spacial score (nSPS) is 30.0. The lowest BCUT2D eigenvalue weighted by Crippen LogP contribution is -2.49. The Morgan fingerprint density at radius 2 is 2.12 bits per heavy atom. The molecule has 0 aliphatic carbocycles. The van der Waals surface area contributed by atoms with Gasteiger partial charge in [-0.2, -0.15) is 0 Å². The predicted octanol–water partition coefficient (Wildman–Crippen LogP) is 1.33. The van der Waals surface area contributed by atoms with Crippen LogP contribution in [-0.2, 0) is 16.6 Å². The van der Waals surface area contributed by atoms with Crippen LogP contribution < -0.4 is 0 Å². The fraction of sp³-hybridized carbons (Fsp3) is 0.421. The summed E-state index contributed by atoms with van der Waals surface area (Å²) in [6.45, 7) is 1.12. The first kappa shape index (κ1) is 15.6. The Kier molecular flexibility index (Phi) is 3.24. The molecule has 3 fully saturated rings. The summed E-state index contributed by atoms with van der Waals surface area (Å²) < 4.78 is 8.18. The average Bonchev–Trinajstić information content (AvgIpc) is 3.37. The Morgan fingerprint density at radius 3 is 2.85 bits per heavy atom. The third-order valence-electron chi connectivity index (χ3n) is 5.87. The number of nitrogens with zero attached hydrogens (tertiary/aromatic N) is 4. The molecule has 2 amide bonds. The number of likely N-dealkylation sites (tertiary alicyclic amines) is 1. The summed E-state index contributed by atoms with van der Waals surface area (Å²) in [4.78, 5) is 33.4. The molecule has 3 aliphatic rings. The van der Waals surface area contributed by atoms with Crippen LogP contribution in [0, 0.1) is 0 Å². The van der Waals surface area contributed by atoms with Gasteiger partial charge in [0.05, 0.1) is 19.0 Å². The highest BCUT2D eigenvalue weighted by molar-refractivity contribution is 5.93. The van der Waals surface area contributed by atoms with Crippen molar-refractivity contribution in [1.29, 1.82) is 0 Å². The van der Waals surface area contributed by atoms with E-state index in [4.69, 9.17) is 4.74 Å². The zero-order valence-electron chi connectivity index (χ0n) is 14.5. The largest absolute Gasteiger partial charge is 0.343 e. The molecule has 0 unspecified atom stereocenters. The number of hydrogen-bond acceptors (Lipinski definition) is 4. The van der Waals surface area contributed by atoms with Crippen molar-refractivity contribution in [1.82, 2.24) is 19.4 Å². The van der Waals surface area contributed by atoms with Gasteiger partial charge in [0.25, 0.3) is 5.91 Å². The minimum atomic E-state index is -0.696. The molecule has 7 nitrogen and oxygen atoms in total. The van der Waals surface area contributed by atoms with Crippen molar-refractivity contribution in [2.24, 2.45) is 7.05 Å². The maximum Gasteiger partial charge on any atom is 0.290 e. The van der Waals surface area contributed by atoms with Crippen LogP contribution in [0.25, 0.3) is 0 Å². The van der Waals surface area contributed by atoms with E-state index in [1.165, 1.54) is 0 Å². The van der Waals surface area contributed by atoms with Gasteiger partial charge in [-0.05, 0) is 5.56 Å². The van der Waals surface area contributed by atoms with E-state index in [-0.39, 0.29) is 24.0 Å². The monoisotopic (exact) mass is 352 g/mol. The SMILES string of the molecule is Cn1ccnc1C(=O)N1CC[C@@]23O[C@@H](c4ccccc4)CN2C(=O)C[C@@H]13. The van der Waals surface area contributed by atoms with Gasteiger partial charge in [0.1, 0.15) is 6.10 Å². The van der Waals surface area contributed by atoms with Crippen LogP contribution in [0.15, 0.2) is 42.7 Å². The molecule has 26 heavy (non-hydrogen) atoms. The molecule has 3 aliphatic heterocycles. The number of hydrogen-bond donors (Lipinski definition) is 0. The van der Waals surface area contributed by atoms with E-state index >= 15 is 0 Å². The van der Waals surface area contributed by atoms with Gasteiger partial charge in [0.2, 0.25) is 5.91 Å². The van der Waals surface area contributed by atoms with Crippen molar-refractivity contribution in [3.8, 4) is 0 Å². The van der Waals surface area contributed by atoms with Crippen molar-refractivity contribution >= 4 is 11.8 Å². The lowest BCUT2D eigenvalue weighted by molar-refractivity contribution is -0.138. The molecular weight excluding hydrogens is 332 g/mol. The van der Waals surface area contributed by atoms with E-state index in [0.29, 0.717) is 31.8 Å². The Hall–Kier alpha value is -2.67. The van der Waals surface area contributed by atoms with Crippen molar-refractivity contribution in [3.63, 3.8) is 0 Å². The molecule has 7 heteroatoms. The molecule has 0 saturated carbocycles. The summed E-state index contributed by atoms with van der Waals surface area (Å²) in [5.74, 6) is 0.317. The summed E-state index contributed by atoms with van der Waals surface area (Å²) in [7, 11) is 1.80. The highest BCUT2D eigenvalue weighted by atomic mass is 16.5. The van der Waals surface area contributed by atoms with Gasteiger partial charge in [-0.15, -0.1) is 0 Å². The molecule has 5 rings (SSSR count). The van der Waals surface area contributed by atoms with Crippen LogP contribution >= 0.6 is 0 Å². The van der Waals surface area contributed by atoms with E-state index in [1.807, 2.05) is 35.2 Å². The molecule has 1 spiro atoms. The van der Waals surface area contributed by atoms with Gasteiger partial charge in [0, 0.05) is 32.4 Å². The van der Waals surface area contributed by atoms with Crippen molar-refractivity contribution in [2.75, 3.05) is 13.1 Å². The smallest absolute Gasteiger partial charge is 0.290 e. The Labute approximate surface area is 151 Å². The number of rotatable bonds is 2. The van der Waals surface area contributed by atoms with Crippen molar-refractivity contribution < 1.29 is 14.3 Å². The zero-order chi connectivity index (χ0) is 17.9. The molecule has 2 aromatic rings. The van der Waals surface area contributed by atoms with Gasteiger partial charge in [-0.25, -0.2) is 4.98 Å². The molecule has 0 N–H and O–H groups in total. The molecular formula is C19H20N4O3. The second-order valence-electron chi connectivity index (χ2n) is 7.20. The van der Waals surface area contributed by atoms with E-state index in [9.17, 15) is 9.59 Å². The fourth-order valence-corrected chi connectivity index (χ4v) is 4.61. The number of carbonyl (C=O) groups excluding carboxylic acids is 2. The molecule has 3 atom stereocenters. The summed E-state index contributed by atoms with van der Waals surface area (Å²) >= 11 is 0. The summed E-state index contributed by atoms with van der Waals surface area (Å²) in [5, 5.41) is 0. The molecule has 0 bridgehead atoms. The van der Waals surface area contributed by atoms with Crippen LogP contribution in [0.3, 0.4) is 0 Å². The third kappa shape index (κ3) is 2.00. The molecule has 134 valence electrons. The van der Waals surface area contributed by atoms with Crippen molar-refractivity contribution in [3.05, 3.63) is 54.1 Å². The van der Waals surface area contributed by atoms with Gasteiger partial charge in [-0.1, -0.05) is 30.3 Å². The average molecular weight is 352 g/mol. The molecule has 3 saturated heterocycles. The minimum Gasteiger partial charge on any atom is -0.343 e.